The van der Waals surface area contributed by atoms with E-state index in [1.165, 1.54) is 6.20 Å². The van der Waals surface area contributed by atoms with Crippen LogP contribution in [0.5, 0.6) is 0 Å². The lowest BCUT2D eigenvalue weighted by atomic mass is 10.2. The monoisotopic (exact) mass is 308 g/mol. The van der Waals surface area contributed by atoms with Gasteiger partial charge in [0.25, 0.3) is 11.6 Å². The summed E-state index contributed by atoms with van der Waals surface area (Å²) in [5.74, 6) is 0.320. The second-order valence-corrected chi connectivity index (χ2v) is 5.21. The molecule has 1 aromatic carbocycles. The van der Waals surface area contributed by atoms with Crippen LogP contribution in [0.15, 0.2) is 39.4 Å². The molecule has 0 atom stereocenters. The van der Waals surface area contributed by atoms with Gasteiger partial charge in [0.1, 0.15) is 5.52 Å². The highest BCUT2D eigenvalue weighted by Gasteiger charge is 2.12. The number of amides is 1. The zero-order valence-electron chi connectivity index (χ0n) is 12.5. The molecule has 7 nitrogen and oxygen atoms in total. The summed E-state index contributed by atoms with van der Waals surface area (Å²) in [6.07, 6.45) is 1.46. The first-order valence-corrected chi connectivity index (χ1v) is 7.01. The van der Waals surface area contributed by atoms with Gasteiger partial charge in [0, 0.05) is 18.8 Å². The first kappa shape index (κ1) is 13.4. The molecule has 0 saturated heterocycles. The summed E-state index contributed by atoms with van der Waals surface area (Å²) < 4.78 is 10.5. The maximum absolute atomic E-state index is 12.4. The van der Waals surface area contributed by atoms with Crippen LogP contribution in [-0.2, 0) is 0 Å². The Morgan fingerprint density at radius 3 is 2.96 bits per heavy atom. The van der Waals surface area contributed by atoms with Crippen molar-refractivity contribution < 1.29 is 13.7 Å². The van der Waals surface area contributed by atoms with Crippen LogP contribution in [0.4, 0.5) is 5.69 Å². The third-order valence-electron chi connectivity index (χ3n) is 3.52. The Kier molecular flexibility index (Phi) is 2.87. The number of carbonyl (C=O) groups is 1. The van der Waals surface area contributed by atoms with Crippen molar-refractivity contribution in [3.63, 3.8) is 0 Å². The first-order chi connectivity index (χ1) is 11.1. The molecule has 4 rings (SSSR count). The van der Waals surface area contributed by atoms with Gasteiger partial charge in [0.2, 0.25) is 0 Å². The third kappa shape index (κ3) is 2.32. The standard InChI is InChI=1S/C16H12N4O3/c1-8-12-5-10(7-17-16(12)23-20-8)15(21)19-11-3-4-14-13(6-11)18-9(2)22-14/h3-7H,1-2H3,(H,19,21). The number of hydrogen-bond donors (Lipinski definition) is 1. The molecule has 4 aromatic rings. The molecule has 3 aromatic heterocycles. The van der Waals surface area contributed by atoms with Gasteiger partial charge in [-0.25, -0.2) is 9.97 Å². The van der Waals surface area contributed by atoms with Crippen LogP contribution < -0.4 is 5.32 Å². The highest BCUT2D eigenvalue weighted by molar-refractivity contribution is 6.06. The van der Waals surface area contributed by atoms with E-state index in [1.807, 2.05) is 0 Å². The molecule has 1 amide bonds. The van der Waals surface area contributed by atoms with E-state index in [9.17, 15) is 4.79 Å². The minimum absolute atomic E-state index is 0.264. The normalized spacial score (nSPS) is 11.2. The van der Waals surface area contributed by atoms with Crippen LogP contribution >= 0.6 is 0 Å². The molecule has 0 radical (unpaired) electrons. The van der Waals surface area contributed by atoms with Crippen molar-refractivity contribution in [3.8, 4) is 0 Å². The summed E-state index contributed by atoms with van der Waals surface area (Å²) in [7, 11) is 0. The Morgan fingerprint density at radius 1 is 1.22 bits per heavy atom. The van der Waals surface area contributed by atoms with Crippen LogP contribution in [0.25, 0.3) is 22.2 Å². The van der Waals surface area contributed by atoms with Gasteiger partial charge in [0.05, 0.1) is 16.6 Å². The number of nitrogens with one attached hydrogen (secondary N) is 1. The van der Waals surface area contributed by atoms with Crippen LogP contribution in [0.1, 0.15) is 21.9 Å². The summed E-state index contributed by atoms with van der Waals surface area (Å²) in [6.45, 7) is 3.58. The molecule has 0 aliphatic heterocycles. The maximum Gasteiger partial charge on any atom is 0.257 e. The van der Waals surface area contributed by atoms with Crippen molar-refractivity contribution in [2.24, 2.45) is 0 Å². The number of pyridine rings is 1. The van der Waals surface area contributed by atoms with Gasteiger partial charge >= 0.3 is 0 Å². The molecule has 0 unspecified atom stereocenters. The molecular weight excluding hydrogens is 296 g/mol. The number of aryl methyl sites for hydroxylation is 2. The SMILES string of the molecule is Cc1nc2cc(NC(=O)c3cnc4onc(C)c4c3)ccc2o1. The van der Waals surface area contributed by atoms with Crippen molar-refractivity contribution in [2.45, 2.75) is 13.8 Å². The number of oxazole rings is 1. The summed E-state index contributed by atoms with van der Waals surface area (Å²) in [4.78, 5) is 20.7. The van der Waals surface area contributed by atoms with Crippen LogP contribution in [0.3, 0.4) is 0 Å². The average molecular weight is 308 g/mol. The molecule has 3 heterocycles. The van der Waals surface area contributed by atoms with Gasteiger partial charge < -0.3 is 14.3 Å². The Balaban J connectivity index is 1.65. The molecule has 0 bridgehead atoms. The minimum Gasteiger partial charge on any atom is -0.441 e. The van der Waals surface area contributed by atoms with E-state index in [1.54, 1.807) is 38.1 Å². The topological polar surface area (TPSA) is 94.1 Å². The Morgan fingerprint density at radius 2 is 2.09 bits per heavy atom. The Labute approximate surface area is 130 Å². The number of fused-ring (bicyclic) bond motifs is 2. The molecule has 0 aliphatic carbocycles. The van der Waals surface area contributed by atoms with Crippen molar-refractivity contribution in [1.82, 2.24) is 15.1 Å². The fourth-order valence-corrected chi connectivity index (χ4v) is 2.39. The lowest BCUT2D eigenvalue weighted by Crippen LogP contribution is -2.12. The van der Waals surface area contributed by atoms with E-state index < -0.39 is 0 Å². The predicted octanol–water partition coefficient (Wildman–Crippen LogP) is 3.23. The third-order valence-corrected chi connectivity index (χ3v) is 3.52. The van der Waals surface area contributed by atoms with Gasteiger partial charge in [-0.2, -0.15) is 0 Å². The van der Waals surface area contributed by atoms with E-state index >= 15 is 0 Å². The maximum atomic E-state index is 12.4. The summed E-state index contributed by atoms with van der Waals surface area (Å²) in [5, 5.41) is 7.38. The number of rotatable bonds is 2. The van der Waals surface area contributed by atoms with E-state index in [2.05, 4.69) is 20.4 Å². The van der Waals surface area contributed by atoms with Crippen LogP contribution in [0.2, 0.25) is 0 Å². The van der Waals surface area contributed by atoms with Crippen molar-refractivity contribution in [2.75, 3.05) is 5.32 Å². The number of hydrogen-bond acceptors (Lipinski definition) is 6. The fourth-order valence-electron chi connectivity index (χ4n) is 2.39. The zero-order valence-corrected chi connectivity index (χ0v) is 12.5. The highest BCUT2D eigenvalue weighted by Crippen LogP contribution is 2.21. The number of carbonyl (C=O) groups excluding carboxylic acids is 1. The molecule has 0 spiro atoms. The van der Waals surface area contributed by atoms with Crippen molar-refractivity contribution in [3.05, 3.63) is 47.6 Å². The average Bonchev–Trinajstić information content (AvgIpc) is 3.09. The second-order valence-electron chi connectivity index (χ2n) is 5.21. The fraction of sp³-hybridized carbons (Fsp3) is 0.125. The highest BCUT2D eigenvalue weighted by atomic mass is 16.5. The predicted molar refractivity (Wildman–Crippen MR) is 83.2 cm³/mol. The molecule has 0 fully saturated rings. The van der Waals surface area contributed by atoms with Crippen LogP contribution in [0, 0.1) is 13.8 Å². The van der Waals surface area contributed by atoms with Gasteiger partial charge in [-0.1, -0.05) is 5.16 Å². The number of benzene rings is 1. The molecule has 0 saturated carbocycles. The van der Waals surface area contributed by atoms with Gasteiger partial charge in [-0.15, -0.1) is 0 Å². The van der Waals surface area contributed by atoms with E-state index in [0.29, 0.717) is 39.6 Å². The number of anilines is 1. The second kappa shape index (κ2) is 4.91. The summed E-state index contributed by atoms with van der Waals surface area (Å²) >= 11 is 0. The van der Waals surface area contributed by atoms with Crippen molar-refractivity contribution >= 4 is 33.8 Å². The van der Waals surface area contributed by atoms with E-state index in [-0.39, 0.29) is 5.91 Å². The van der Waals surface area contributed by atoms with E-state index in [4.69, 9.17) is 8.94 Å². The summed E-state index contributed by atoms with van der Waals surface area (Å²) in [5.41, 5.74) is 3.56. The quantitative estimate of drug-likeness (QED) is 0.611. The van der Waals surface area contributed by atoms with Gasteiger partial charge in [-0.3, -0.25) is 4.79 Å². The molecule has 114 valence electrons. The lowest BCUT2D eigenvalue weighted by Gasteiger charge is -2.04. The first-order valence-electron chi connectivity index (χ1n) is 7.01. The number of nitrogens with zero attached hydrogens (tertiary/aromatic N) is 3. The van der Waals surface area contributed by atoms with Gasteiger partial charge in [0.15, 0.2) is 11.5 Å². The van der Waals surface area contributed by atoms with Crippen LogP contribution in [-0.4, -0.2) is 21.0 Å². The smallest absolute Gasteiger partial charge is 0.257 e. The molecule has 7 heteroatoms. The molecule has 0 aliphatic rings. The zero-order chi connectivity index (χ0) is 16.0. The molecular formula is C16H12N4O3. The Hall–Kier alpha value is -3.22. The van der Waals surface area contributed by atoms with Crippen molar-refractivity contribution in [1.29, 1.82) is 0 Å². The molecule has 1 N–H and O–H groups in total. The minimum atomic E-state index is -0.264. The number of aromatic nitrogens is 3. The lowest BCUT2D eigenvalue weighted by molar-refractivity contribution is 0.102. The Bertz CT molecular complexity index is 1050. The summed E-state index contributed by atoms with van der Waals surface area (Å²) in [6, 6.07) is 7.01. The van der Waals surface area contributed by atoms with E-state index in [0.717, 1.165) is 5.39 Å². The van der Waals surface area contributed by atoms with Gasteiger partial charge in [-0.05, 0) is 31.2 Å². The molecule has 23 heavy (non-hydrogen) atoms. The largest absolute Gasteiger partial charge is 0.441 e.